The normalized spacial score (nSPS) is 17.9. The fraction of sp³-hybridized carbons (Fsp3) is 0.333. The fourth-order valence-electron chi connectivity index (χ4n) is 4.17. The molecule has 0 bridgehead atoms. The van der Waals surface area contributed by atoms with Crippen LogP contribution in [0.4, 0.5) is 11.5 Å². The Labute approximate surface area is 192 Å². The third kappa shape index (κ3) is 5.14. The first-order valence-corrected chi connectivity index (χ1v) is 11.0. The molecule has 172 valence electrons. The zero-order chi connectivity index (χ0) is 23.4. The summed E-state index contributed by atoms with van der Waals surface area (Å²) in [5.41, 5.74) is 13.6. The standard InChI is InChI=1S/C24H29N7O2/c1-14-6-5-7-17-20(14)30-22(23(32)27-15-10-12-16(33-2)13-11-15)31-21(17)28-18-8-3-4-9-19(18)29-24(25)26/h5-7,10-13,18-19H,3-4,8-9H2,1-2H3,(H,27,32)(H4,25,26,29)(H,28,30,31)/t18-,19+/m0/s1. The Hall–Kier alpha value is -3.88. The van der Waals surface area contributed by atoms with Gasteiger partial charge in [0, 0.05) is 11.1 Å². The van der Waals surface area contributed by atoms with Crippen molar-refractivity contribution in [3.05, 3.63) is 53.9 Å². The van der Waals surface area contributed by atoms with Gasteiger partial charge in [0.05, 0.1) is 24.7 Å². The number of aliphatic imine (C=N–C) groups is 1. The van der Waals surface area contributed by atoms with Crippen molar-refractivity contribution in [2.24, 2.45) is 16.5 Å². The number of anilines is 2. The van der Waals surface area contributed by atoms with Gasteiger partial charge in [-0.05, 0) is 55.7 Å². The van der Waals surface area contributed by atoms with E-state index < -0.39 is 5.91 Å². The number of carbonyl (C=O) groups excluding carboxylic acids is 1. The molecule has 1 aliphatic rings. The number of methoxy groups -OCH3 is 1. The van der Waals surface area contributed by atoms with Crippen LogP contribution in [-0.4, -0.2) is 41.0 Å². The second-order valence-corrected chi connectivity index (χ2v) is 8.21. The number of aryl methyl sites for hydroxylation is 1. The van der Waals surface area contributed by atoms with Crippen molar-refractivity contribution in [3.63, 3.8) is 0 Å². The lowest BCUT2D eigenvalue weighted by Gasteiger charge is -2.30. The Morgan fingerprint density at radius 2 is 1.85 bits per heavy atom. The van der Waals surface area contributed by atoms with Crippen molar-refractivity contribution in [1.29, 1.82) is 0 Å². The van der Waals surface area contributed by atoms with Crippen LogP contribution in [-0.2, 0) is 0 Å². The highest BCUT2D eigenvalue weighted by molar-refractivity contribution is 6.04. The molecule has 1 saturated carbocycles. The van der Waals surface area contributed by atoms with E-state index in [2.05, 4.69) is 25.6 Å². The average Bonchev–Trinajstić information content (AvgIpc) is 2.81. The molecule has 0 radical (unpaired) electrons. The van der Waals surface area contributed by atoms with Gasteiger partial charge in [-0.3, -0.25) is 4.79 Å². The number of guanidine groups is 1. The van der Waals surface area contributed by atoms with Crippen molar-refractivity contribution in [3.8, 4) is 5.75 Å². The highest BCUT2D eigenvalue weighted by Gasteiger charge is 2.26. The molecule has 0 unspecified atom stereocenters. The lowest BCUT2D eigenvalue weighted by Crippen LogP contribution is -2.38. The van der Waals surface area contributed by atoms with Gasteiger partial charge in [0.25, 0.3) is 5.91 Å². The van der Waals surface area contributed by atoms with Crippen molar-refractivity contribution in [2.75, 3.05) is 17.7 Å². The lowest BCUT2D eigenvalue weighted by atomic mass is 9.90. The third-order valence-corrected chi connectivity index (χ3v) is 5.85. The molecule has 6 N–H and O–H groups in total. The summed E-state index contributed by atoms with van der Waals surface area (Å²) in [5.74, 6) is 1.09. The molecule has 2 aromatic carbocycles. The van der Waals surface area contributed by atoms with E-state index in [1.54, 1.807) is 31.4 Å². The average molecular weight is 448 g/mol. The maximum atomic E-state index is 13.0. The smallest absolute Gasteiger partial charge is 0.293 e. The summed E-state index contributed by atoms with van der Waals surface area (Å²) in [7, 11) is 1.59. The van der Waals surface area contributed by atoms with Crippen LogP contribution in [0.3, 0.4) is 0 Å². The second-order valence-electron chi connectivity index (χ2n) is 8.21. The number of nitrogens with zero attached hydrogens (tertiary/aromatic N) is 3. The van der Waals surface area contributed by atoms with Crippen molar-refractivity contribution in [2.45, 2.75) is 44.7 Å². The second kappa shape index (κ2) is 9.72. The van der Waals surface area contributed by atoms with Crippen LogP contribution in [0.1, 0.15) is 41.9 Å². The molecule has 1 heterocycles. The Balaban J connectivity index is 1.67. The van der Waals surface area contributed by atoms with Crippen LogP contribution >= 0.6 is 0 Å². The maximum Gasteiger partial charge on any atom is 0.293 e. The molecule has 0 aliphatic heterocycles. The summed E-state index contributed by atoms with van der Waals surface area (Å²) >= 11 is 0. The number of hydrogen-bond acceptors (Lipinski definition) is 6. The number of nitrogens with two attached hydrogens (primary N) is 2. The van der Waals surface area contributed by atoms with Gasteiger partial charge in [0.15, 0.2) is 5.96 Å². The first-order chi connectivity index (χ1) is 15.9. The van der Waals surface area contributed by atoms with Gasteiger partial charge in [0.1, 0.15) is 11.6 Å². The number of hydrogen-bond donors (Lipinski definition) is 4. The first-order valence-electron chi connectivity index (χ1n) is 11.0. The fourth-order valence-corrected chi connectivity index (χ4v) is 4.17. The molecule has 9 nitrogen and oxygen atoms in total. The number of ether oxygens (including phenoxy) is 1. The van der Waals surface area contributed by atoms with Gasteiger partial charge in [-0.15, -0.1) is 0 Å². The topological polar surface area (TPSA) is 141 Å². The monoisotopic (exact) mass is 447 g/mol. The van der Waals surface area contributed by atoms with E-state index in [1.807, 2.05) is 25.1 Å². The van der Waals surface area contributed by atoms with Gasteiger partial charge < -0.3 is 26.8 Å². The maximum absolute atomic E-state index is 13.0. The van der Waals surface area contributed by atoms with Crippen LogP contribution in [0.5, 0.6) is 5.75 Å². The van der Waals surface area contributed by atoms with E-state index >= 15 is 0 Å². The van der Waals surface area contributed by atoms with Crippen LogP contribution in [0.2, 0.25) is 0 Å². The molecule has 1 aliphatic carbocycles. The van der Waals surface area contributed by atoms with Crippen molar-refractivity contribution >= 4 is 34.3 Å². The molecule has 0 spiro atoms. The Morgan fingerprint density at radius 3 is 2.58 bits per heavy atom. The van der Waals surface area contributed by atoms with E-state index in [9.17, 15) is 4.79 Å². The van der Waals surface area contributed by atoms with Crippen LogP contribution < -0.4 is 26.8 Å². The number of aromatic nitrogens is 2. The lowest BCUT2D eigenvalue weighted by molar-refractivity contribution is 0.101. The number of benzene rings is 2. The highest BCUT2D eigenvalue weighted by Crippen LogP contribution is 2.29. The molecular weight excluding hydrogens is 418 g/mol. The number of amides is 1. The number of carbonyl (C=O) groups is 1. The summed E-state index contributed by atoms with van der Waals surface area (Å²) in [6, 6.07) is 12.9. The van der Waals surface area contributed by atoms with Crippen LogP contribution in [0.15, 0.2) is 47.5 Å². The molecule has 33 heavy (non-hydrogen) atoms. The van der Waals surface area contributed by atoms with E-state index in [1.165, 1.54) is 0 Å². The van der Waals surface area contributed by atoms with Gasteiger partial charge >= 0.3 is 0 Å². The summed E-state index contributed by atoms with van der Waals surface area (Å²) in [4.78, 5) is 26.6. The predicted molar refractivity (Wildman–Crippen MR) is 131 cm³/mol. The Bertz CT molecular complexity index is 1170. The summed E-state index contributed by atoms with van der Waals surface area (Å²) < 4.78 is 5.17. The zero-order valence-electron chi connectivity index (χ0n) is 18.8. The number of fused-ring (bicyclic) bond motifs is 1. The van der Waals surface area contributed by atoms with Gasteiger partial charge in [-0.1, -0.05) is 25.0 Å². The van der Waals surface area contributed by atoms with Crippen molar-refractivity contribution in [1.82, 2.24) is 9.97 Å². The van der Waals surface area contributed by atoms with E-state index in [4.69, 9.17) is 16.2 Å². The predicted octanol–water partition coefficient (Wildman–Crippen LogP) is 3.20. The number of rotatable bonds is 6. The van der Waals surface area contributed by atoms with Crippen LogP contribution in [0.25, 0.3) is 10.9 Å². The van der Waals surface area contributed by atoms with E-state index in [-0.39, 0.29) is 23.9 Å². The first kappa shape index (κ1) is 22.3. The molecule has 1 fully saturated rings. The van der Waals surface area contributed by atoms with Gasteiger partial charge in [-0.25, -0.2) is 15.0 Å². The van der Waals surface area contributed by atoms with Crippen molar-refractivity contribution < 1.29 is 9.53 Å². The molecule has 1 aromatic heterocycles. The summed E-state index contributed by atoms with van der Waals surface area (Å²) in [6.45, 7) is 1.97. The van der Waals surface area contributed by atoms with Gasteiger partial charge in [-0.2, -0.15) is 0 Å². The molecule has 1 amide bonds. The quantitative estimate of drug-likeness (QED) is 0.336. The minimum atomic E-state index is -0.391. The molecular formula is C24H29N7O2. The zero-order valence-corrected chi connectivity index (χ0v) is 18.8. The van der Waals surface area contributed by atoms with Crippen LogP contribution in [0, 0.1) is 6.92 Å². The molecule has 3 aromatic rings. The molecule has 2 atom stereocenters. The Morgan fingerprint density at radius 1 is 1.09 bits per heavy atom. The molecule has 9 heteroatoms. The summed E-state index contributed by atoms with van der Waals surface area (Å²) in [5, 5.41) is 7.22. The van der Waals surface area contributed by atoms with E-state index in [0.717, 1.165) is 42.1 Å². The van der Waals surface area contributed by atoms with Gasteiger partial charge in [0.2, 0.25) is 5.82 Å². The number of nitrogens with one attached hydrogen (secondary N) is 2. The third-order valence-electron chi connectivity index (χ3n) is 5.85. The highest BCUT2D eigenvalue weighted by atomic mass is 16.5. The minimum absolute atomic E-state index is 0.0111. The molecule has 4 rings (SSSR count). The molecule has 0 saturated heterocycles. The SMILES string of the molecule is COc1ccc(NC(=O)c2nc(N[C@H]3CCCC[C@H]3N=C(N)N)c3cccc(C)c3n2)cc1. The van der Waals surface area contributed by atoms with E-state index in [0.29, 0.717) is 17.3 Å². The largest absolute Gasteiger partial charge is 0.497 e. The Kier molecular flexibility index (Phi) is 6.58. The minimum Gasteiger partial charge on any atom is -0.497 e. The summed E-state index contributed by atoms with van der Waals surface area (Å²) in [6.07, 6.45) is 3.94. The number of para-hydroxylation sites is 1.